The molecule has 0 amide bonds. The Morgan fingerprint density at radius 3 is 2.65 bits per heavy atom. The van der Waals surface area contributed by atoms with E-state index in [0.717, 1.165) is 12.7 Å². The lowest BCUT2D eigenvalue weighted by Crippen LogP contribution is -2.43. The molecule has 1 heterocycles. The number of carboxylic acid groups (broad SMARTS) is 1. The van der Waals surface area contributed by atoms with Gasteiger partial charge in [-0.3, -0.25) is 9.59 Å². The minimum absolute atomic E-state index is 0.202. The zero-order valence-electron chi connectivity index (χ0n) is 13.5. The van der Waals surface area contributed by atoms with E-state index in [1.54, 1.807) is 0 Å². The minimum Gasteiger partial charge on any atom is -0.481 e. The molecule has 1 N–H and O–H groups in total. The molecule has 0 aromatic heterocycles. The van der Waals surface area contributed by atoms with Crippen molar-refractivity contribution >= 4 is 63.3 Å². The Bertz CT molecular complexity index is 800. The molecule has 26 heavy (non-hydrogen) atoms. The van der Waals surface area contributed by atoms with Crippen molar-refractivity contribution in [3.8, 4) is 5.75 Å². The second-order valence-electron chi connectivity index (χ2n) is 6.82. The van der Waals surface area contributed by atoms with Crippen LogP contribution in [-0.2, 0) is 19.1 Å². The first-order chi connectivity index (χ1) is 12.3. The van der Waals surface area contributed by atoms with E-state index in [2.05, 4.69) is 45.2 Å². The molecule has 4 rings (SSSR count). The van der Waals surface area contributed by atoms with Crippen LogP contribution in [0.2, 0.25) is 0 Å². The largest absolute Gasteiger partial charge is 0.514 e. The van der Waals surface area contributed by atoms with Crippen molar-refractivity contribution in [2.24, 2.45) is 23.7 Å². The number of carboxylic acids is 1. The van der Waals surface area contributed by atoms with Crippen molar-refractivity contribution < 1.29 is 33.7 Å². The summed E-state index contributed by atoms with van der Waals surface area (Å²) in [7, 11) is 0. The number of halogens is 2. The molecule has 0 radical (unpaired) electrons. The number of carbonyl (C=O) groups excluding carboxylic acids is 2. The van der Waals surface area contributed by atoms with Gasteiger partial charge in [0.05, 0.1) is 15.4 Å². The average Bonchev–Trinajstić information content (AvgIpc) is 3.14. The molecule has 138 valence electrons. The van der Waals surface area contributed by atoms with Gasteiger partial charge in [-0.25, -0.2) is 4.79 Å². The zero-order valence-corrected chi connectivity index (χ0v) is 17.8. The van der Waals surface area contributed by atoms with Crippen LogP contribution in [0.1, 0.15) is 12.0 Å². The van der Waals surface area contributed by atoms with Crippen molar-refractivity contribution in [3.63, 3.8) is 0 Å². The van der Waals surface area contributed by atoms with Crippen LogP contribution < -0.4 is 4.74 Å². The van der Waals surface area contributed by atoms with Crippen LogP contribution in [0.3, 0.4) is 0 Å². The number of fused-ring (bicyclic) bond motifs is 1. The van der Waals surface area contributed by atoms with E-state index in [9.17, 15) is 19.5 Å². The third-order valence-electron chi connectivity index (χ3n) is 5.44. The molecule has 1 saturated heterocycles. The van der Waals surface area contributed by atoms with E-state index in [1.807, 2.05) is 19.1 Å². The number of hydrogen-bond acceptors (Lipinski definition) is 6. The standard InChI is InChI=1S/C17H14I2O7/c1-5-2-6(18)3-9(19)12(5)25-17(23)26-14-7-4-8-11(10(7)15(20)21)16(22)24-13(8)14/h2-3,7-8,10-11,13-14H,4H2,1H3,(H,20,21). The first-order valence-electron chi connectivity index (χ1n) is 8.05. The number of aryl methyl sites for hydroxylation is 1. The molecule has 2 saturated carbocycles. The van der Waals surface area contributed by atoms with Crippen molar-refractivity contribution in [2.45, 2.75) is 25.6 Å². The third kappa shape index (κ3) is 2.77. The Morgan fingerprint density at radius 2 is 2.00 bits per heavy atom. The monoisotopic (exact) mass is 584 g/mol. The molecule has 6 unspecified atom stereocenters. The normalized spacial score (nSPS) is 33.9. The Kier molecular flexibility index (Phi) is 4.56. The molecular formula is C17H14I2O7. The Hall–Kier alpha value is -1.11. The highest BCUT2D eigenvalue weighted by atomic mass is 127. The second kappa shape index (κ2) is 6.50. The van der Waals surface area contributed by atoms with E-state index >= 15 is 0 Å². The highest BCUT2D eigenvalue weighted by molar-refractivity contribution is 14.1. The number of hydrogen-bond donors (Lipinski definition) is 1. The van der Waals surface area contributed by atoms with Crippen molar-refractivity contribution in [3.05, 3.63) is 24.8 Å². The molecule has 0 spiro atoms. The molecule has 1 aromatic carbocycles. The number of carbonyl (C=O) groups is 3. The van der Waals surface area contributed by atoms with Gasteiger partial charge in [-0.05, 0) is 76.2 Å². The number of benzene rings is 1. The average molecular weight is 584 g/mol. The van der Waals surface area contributed by atoms with E-state index in [-0.39, 0.29) is 5.92 Å². The van der Waals surface area contributed by atoms with Crippen molar-refractivity contribution in [1.29, 1.82) is 0 Å². The summed E-state index contributed by atoms with van der Waals surface area (Å²) in [6.45, 7) is 1.83. The summed E-state index contributed by atoms with van der Waals surface area (Å²) in [5.41, 5.74) is 0.793. The SMILES string of the molecule is Cc1cc(I)cc(I)c1OC(=O)OC1C2CC3C1OC(=O)C3C2C(=O)O. The number of esters is 1. The molecule has 1 aliphatic heterocycles. The van der Waals surface area contributed by atoms with E-state index < -0.39 is 48.1 Å². The summed E-state index contributed by atoms with van der Waals surface area (Å²) in [4.78, 5) is 35.9. The second-order valence-corrected chi connectivity index (χ2v) is 9.23. The number of rotatable bonds is 3. The summed E-state index contributed by atoms with van der Waals surface area (Å²) in [6, 6.07) is 3.75. The number of aliphatic carboxylic acids is 1. The van der Waals surface area contributed by atoms with Gasteiger partial charge in [-0.15, -0.1) is 0 Å². The van der Waals surface area contributed by atoms with Crippen LogP contribution in [0.4, 0.5) is 4.79 Å². The Morgan fingerprint density at radius 1 is 1.27 bits per heavy atom. The molecule has 1 aromatic rings. The maximum atomic E-state index is 12.3. The maximum absolute atomic E-state index is 12.3. The van der Waals surface area contributed by atoms with Gasteiger partial charge in [0.15, 0.2) is 5.75 Å². The quantitative estimate of drug-likeness (QED) is 0.332. The molecule has 2 bridgehead atoms. The fourth-order valence-corrected chi connectivity index (χ4v) is 6.77. The predicted octanol–water partition coefficient (Wildman–Crippen LogP) is 2.98. The molecule has 9 heteroatoms. The van der Waals surface area contributed by atoms with Gasteiger partial charge < -0.3 is 19.3 Å². The summed E-state index contributed by atoms with van der Waals surface area (Å²) >= 11 is 4.25. The molecule has 7 nitrogen and oxygen atoms in total. The smallest absolute Gasteiger partial charge is 0.481 e. The fraction of sp³-hybridized carbons (Fsp3) is 0.471. The van der Waals surface area contributed by atoms with Crippen LogP contribution in [0.5, 0.6) is 5.75 Å². The Labute approximate surface area is 176 Å². The lowest BCUT2D eigenvalue weighted by molar-refractivity contribution is -0.151. The summed E-state index contributed by atoms with van der Waals surface area (Å²) in [6.07, 6.45) is -1.75. The van der Waals surface area contributed by atoms with Gasteiger partial charge in [0.25, 0.3) is 0 Å². The lowest BCUT2D eigenvalue weighted by Gasteiger charge is -2.28. The van der Waals surface area contributed by atoms with Crippen LogP contribution in [0.15, 0.2) is 12.1 Å². The van der Waals surface area contributed by atoms with Gasteiger partial charge in [0, 0.05) is 15.4 Å². The lowest BCUT2D eigenvalue weighted by atomic mass is 9.78. The molecule has 3 aliphatic rings. The van der Waals surface area contributed by atoms with Crippen molar-refractivity contribution in [1.82, 2.24) is 0 Å². The molecular weight excluding hydrogens is 570 g/mol. The highest BCUT2D eigenvalue weighted by Crippen LogP contribution is 2.58. The van der Waals surface area contributed by atoms with Gasteiger partial charge in [0.1, 0.15) is 12.2 Å². The minimum atomic E-state index is -1.05. The summed E-state index contributed by atoms with van der Waals surface area (Å²) < 4.78 is 17.9. The van der Waals surface area contributed by atoms with Crippen LogP contribution >= 0.6 is 45.2 Å². The van der Waals surface area contributed by atoms with E-state index in [0.29, 0.717) is 12.2 Å². The summed E-state index contributed by atoms with van der Waals surface area (Å²) in [5.74, 6) is -3.27. The topological polar surface area (TPSA) is 99.1 Å². The first-order valence-corrected chi connectivity index (χ1v) is 10.2. The van der Waals surface area contributed by atoms with E-state index in [1.165, 1.54) is 0 Å². The maximum Gasteiger partial charge on any atom is 0.514 e. The highest BCUT2D eigenvalue weighted by Gasteiger charge is 2.70. The van der Waals surface area contributed by atoms with Crippen LogP contribution in [-0.4, -0.2) is 35.4 Å². The van der Waals surface area contributed by atoms with E-state index in [4.69, 9.17) is 14.2 Å². The van der Waals surface area contributed by atoms with Gasteiger partial charge in [-0.1, -0.05) is 0 Å². The first kappa shape index (κ1) is 18.3. The predicted molar refractivity (Wildman–Crippen MR) is 104 cm³/mol. The summed E-state index contributed by atoms with van der Waals surface area (Å²) in [5, 5.41) is 9.48. The molecule has 3 fully saturated rings. The molecule has 6 atom stereocenters. The zero-order chi connectivity index (χ0) is 18.7. The van der Waals surface area contributed by atoms with Gasteiger partial charge in [0.2, 0.25) is 0 Å². The molecule has 2 aliphatic carbocycles. The number of ether oxygens (including phenoxy) is 3. The van der Waals surface area contributed by atoms with Gasteiger partial charge >= 0.3 is 18.1 Å². The third-order valence-corrected chi connectivity index (χ3v) is 6.87. The van der Waals surface area contributed by atoms with Gasteiger partial charge in [-0.2, -0.15) is 0 Å². The van der Waals surface area contributed by atoms with Crippen LogP contribution in [0, 0.1) is 37.7 Å². The Balaban J connectivity index is 1.52. The van der Waals surface area contributed by atoms with Crippen molar-refractivity contribution in [2.75, 3.05) is 0 Å². The fourth-order valence-electron chi connectivity index (χ4n) is 4.52. The van der Waals surface area contributed by atoms with Crippen LogP contribution in [0.25, 0.3) is 0 Å².